The molecule has 0 aliphatic carbocycles. The molecular formula is C9H18F2. The third-order valence-corrected chi connectivity index (χ3v) is 1.84. The van der Waals surface area contributed by atoms with Crippen LogP contribution in [0.4, 0.5) is 8.78 Å². The molecule has 0 aliphatic rings. The normalized spacial score (nSPS) is 13.9. The Bertz CT molecular complexity index is 81.6. The Hall–Kier alpha value is -0.140. The highest BCUT2D eigenvalue weighted by molar-refractivity contribution is 4.59. The predicted octanol–water partition coefficient (Wildman–Crippen LogP) is 3.51. The highest BCUT2D eigenvalue weighted by atomic mass is 19.1. The first-order valence-corrected chi connectivity index (χ1v) is 4.38. The Balaban J connectivity index is 3.10. The molecule has 0 amide bonds. The van der Waals surface area contributed by atoms with Gasteiger partial charge in [0.2, 0.25) is 0 Å². The Morgan fingerprint density at radius 3 is 2.18 bits per heavy atom. The Morgan fingerprint density at radius 1 is 1.09 bits per heavy atom. The molecule has 0 fully saturated rings. The summed E-state index contributed by atoms with van der Waals surface area (Å²) in [6.45, 7) is 3.48. The highest BCUT2D eigenvalue weighted by Gasteiger charge is 2.09. The van der Waals surface area contributed by atoms with Gasteiger partial charge in [0.1, 0.15) is 6.17 Å². The van der Waals surface area contributed by atoms with Crippen LogP contribution in [-0.2, 0) is 0 Å². The van der Waals surface area contributed by atoms with Crippen molar-refractivity contribution < 1.29 is 8.78 Å². The number of hydrogen-bond acceptors (Lipinski definition) is 0. The standard InChI is InChI=1S/C9H18F2/c1-8(2)9(11)6-4-3-5-7-10/h8-9H,3-7H2,1-2H3. The zero-order chi connectivity index (χ0) is 8.69. The molecule has 0 aromatic rings. The largest absolute Gasteiger partial charge is 0.251 e. The van der Waals surface area contributed by atoms with E-state index in [1.165, 1.54) is 0 Å². The van der Waals surface area contributed by atoms with E-state index in [1.807, 2.05) is 13.8 Å². The average molecular weight is 164 g/mol. The van der Waals surface area contributed by atoms with Crippen molar-refractivity contribution in [2.24, 2.45) is 5.92 Å². The van der Waals surface area contributed by atoms with E-state index in [2.05, 4.69) is 0 Å². The van der Waals surface area contributed by atoms with Crippen molar-refractivity contribution in [3.8, 4) is 0 Å². The lowest BCUT2D eigenvalue weighted by molar-refractivity contribution is 0.233. The first-order valence-electron chi connectivity index (χ1n) is 4.38. The maximum Gasteiger partial charge on any atom is 0.102 e. The highest BCUT2D eigenvalue weighted by Crippen LogP contribution is 2.14. The van der Waals surface area contributed by atoms with E-state index in [0.717, 1.165) is 12.8 Å². The van der Waals surface area contributed by atoms with Gasteiger partial charge in [-0.25, -0.2) is 4.39 Å². The average Bonchev–Trinajstić information content (AvgIpc) is 1.97. The quantitative estimate of drug-likeness (QED) is 0.527. The van der Waals surface area contributed by atoms with Crippen LogP contribution in [0.3, 0.4) is 0 Å². The molecule has 0 nitrogen and oxygen atoms in total. The monoisotopic (exact) mass is 164 g/mol. The lowest BCUT2D eigenvalue weighted by Crippen LogP contribution is -2.08. The number of unbranched alkanes of at least 4 members (excludes halogenated alkanes) is 2. The van der Waals surface area contributed by atoms with Crippen LogP contribution >= 0.6 is 0 Å². The third-order valence-electron chi connectivity index (χ3n) is 1.84. The Kier molecular flexibility index (Phi) is 6.48. The van der Waals surface area contributed by atoms with E-state index in [-0.39, 0.29) is 12.6 Å². The van der Waals surface area contributed by atoms with Crippen LogP contribution < -0.4 is 0 Å². The van der Waals surface area contributed by atoms with E-state index in [4.69, 9.17) is 0 Å². The summed E-state index contributed by atoms with van der Waals surface area (Å²) in [5.41, 5.74) is 0. The molecule has 0 N–H and O–H groups in total. The first kappa shape index (κ1) is 10.9. The summed E-state index contributed by atoms with van der Waals surface area (Å²) >= 11 is 0. The van der Waals surface area contributed by atoms with Crippen LogP contribution in [0.2, 0.25) is 0 Å². The molecule has 1 unspecified atom stereocenters. The zero-order valence-electron chi connectivity index (χ0n) is 7.45. The maximum atomic E-state index is 12.9. The molecule has 0 radical (unpaired) electrons. The summed E-state index contributed by atoms with van der Waals surface area (Å²) < 4.78 is 24.4. The minimum absolute atomic E-state index is 0.111. The van der Waals surface area contributed by atoms with E-state index in [9.17, 15) is 8.78 Å². The second kappa shape index (κ2) is 6.56. The molecule has 0 spiro atoms. The number of hydrogen-bond donors (Lipinski definition) is 0. The van der Waals surface area contributed by atoms with Crippen LogP contribution in [0.5, 0.6) is 0 Å². The zero-order valence-corrected chi connectivity index (χ0v) is 7.45. The summed E-state index contributed by atoms with van der Waals surface area (Å²) in [5, 5.41) is 0. The Morgan fingerprint density at radius 2 is 1.73 bits per heavy atom. The molecule has 2 heteroatoms. The van der Waals surface area contributed by atoms with Crippen LogP contribution in [-0.4, -0.2) is 12.8 Å². The second-order valence-electron chi connectivity index (χ2n) is 3.30. The molecule has 0 heterocycles. The van der Waals surface area contributed by atoms with Gasteiger partial charge in [0.05, 0.1) is 6.67 Å². The van der Waals surface area contributed by atoms with Crippen molar-refractivity contribution in [3.63, 3.8) is 0 Å². The van der Waals surface area contributed by atoms with Gasteiger partial charge in [0.25, 0.3) is 0 Å². The van der Waals surface area contributed by atoms with Gasteiger partial charge < -0.3 is 0 Å². The van der Waals surface area contributed by atoms with Gasteiger partial charge in [-0.15, -0.1) is 0 Å². The summed E-state index contributed by atoms with van der Waals surface area (Å²) in [7, 11) is 0. The first-order chi connectivity index (χ1) is 5.18. The number of halogens is 2. The predicted molar refractivity (Wildman–Crippen MR) is 44.2 cm³/mol. The minimum Gasteiger partial charge on any atom is -0.251 e. The fourth-order valence-corrected chi connectivity index (χ4v) is 0.944. The van der Waals surface area contributed by atoms with Gasteiger partial charge in [0.15, 0.2) is 0 Å². The van der Waals surface area contributed by atoms with Crippen molar-refractivity contribution in [3.05, 3.63) is 0 Å². The fraction of sp³-hybridized carbons (Fsp3) is 1.00. The molecule has 0 saturated heterocycles. The Labute approximate surface area is 68.0 Å². The number of rotatable bonds is 6. The molecule has 0 aromatic heterocycles. The molecule has 68 valence electrons. The van der Waals surface area contributed by atoms with Gasteiger partial charge in [-0.2, -0.15) is 0 Å². The van der Waals surface area contributed by atoms with Crippen LogP contribution in [0.15, 0.2) is 0 Å². The van der Waals surface area contributed by atoms with Gasteiger partial charge in [-0.3, -0.25) is 4.39 Å². The topological polar surface area (TPSA) is 0 Å². The van der Waals surface area contributed by atoms with Crippen molar-refractivity contribution in [2.75, 3.05) is 6.67 Å². The van der Waals surface area contributed by atoms with E-state index < -0.39 is 6.17 Å². The molecule has 11 heavy (non-hydrogen) atoms. The molecule has 0 bridgehead atoms. The van der Waals surface area contributed by atoms with Crippen molar-refractivity contribution in [1.29, 1.82) is 0 Å². The van der Waals surface area contributed by atoms with Crippen LogP contribution in [0, 0.1) is 5.92 Å². The second-order valence-corrected chi connectivity index (χ2v) is 3.30. The van der Waals surface area contributed by atoms with E-state index in [0.29, 0.717) is 12.8 Å². The van der Waals surface area contributed by atoms with Crippen molar-refractivity contribution >= 4 is 0 Å². The molecule has 1 atom stereocenters. The van der Waals surface area contributed by atoms with Crippen LogP contribution in [0.1, 0.15) is 39.5 Å². The van der Waals surface area contributed by atoms with Crippen molar-refractivity contribution in [2.45, 2.75) is 45.7 Å². The van der Waals surface area contributed by atoms with E-state index >= 15 is 0 Å². The lowest BCUT2D eigenvalue weighted by Gasteiger charge is -2.10. The molecule has 0 rings (SSSR count). The molecule has 0 aliphatic heterocycles. The van der Waals surface area contributed by atoms with Crippen molar-refractivity contribution in [1.82, 2.24) is 0 Å². The summed E-state index contributed by atoms with van der Waals surface area (Å²) in [5.74, 6) is 0.111. The third kappa shape index (κ3) is 6.27. The van der Waals surface area contributed by atoms with Gasteiger partial charge in [0, 0.05) is 0 Å². The fourth-order valence-electron chi connectivity index (χ4n) is 0.944. The molecule has 0 aromatic carbocycles. The molecule has 0 saturated carbocycles. The summed E-state index contributed by atoms with van der Waals surface area (Å²) in [4.78, 5) is 0. The molecular weight excluding hydrogens is 146 g/mol. The van der Waals surface area contributed by atoms with Gasteiger partial charge in [-0.1, -0.05) is 26.7 Å². The minimum atomic E-state index is -0.699. The SMILES string of the molecule is CC(C)C(F)CCCCCF. The van der Waals surface area contributed by atoms with E-state index in [1.54, 1.807) is 0 Å². The van der Waals surface area contributed by atoms with Gasteiger partial charge >= 0.3 is 0 Å². The summed E-state index contributed by atoms with van der Waals surface area (Å²) in [6.07, 6.45) is 2.13. The lowest BCUT2D eigenvalue weighted by atomic mass is 10.0. The number of alkyl halides is 2. The maximum absolute atomic E-state index is 12.9. The van der Waals surface area contributed by atoms with Gasteiger partial charge in [-0.05, 0) is 18.8 Å². The summed E-state index contributed by atoms with van der Waals surface area (Å²) in [6, 6.07) is 0. The van der Waals surface area contributed by atoms with Crippen LogP contribution in [0.25, 0.3) is 0 Å². The smallest absolute Gasteiger partial charge is 0.102 e.